The van der Waals surface area contributed by atoms with E-state index >= 15 is 0 Å². The summed E-state index contributed by atoms with van der Waals surface area (Å²) in [4.78, 5) is 11.3. The van der Waals surface area contributed by atoms with Gasteiger partial charge in [-0.25, -0.2) is 4.79 Å². The van der Waals surface area contributed by atoms with Crippen molar-refractivity contribution in [3.05, 3.63) is 52.3 Å². The summed E-state index contributed by atoms with van der Waals surface area (Å²) in [6, 6.07) is 6.31. The van der Waals surface area contributed by atoms with Gasteiger partial charge in [0.25, 0.3) is 0 Å². The molecule has 0 radical (unpaired) electrons. The molecule has 23 heavy (non-hydrogen) atoms. The molecule has 1 aromatic carbocycles. The molecule has 2 aromatic rings. The lowest BCUT2D eigenvalue weighted by atomic mass is 9.95. The smallest absolute Gasteiger partial charge is 0.435 e. The van der Waals surface area contributed by atoms with Crippen molar-refractivity contribution in [1.29, 1.82) is 0 Å². The van der Waals surface area contributed by atoms with Crippen LogP contribution in [0, 0.1) is 0 Å². The summed E-state index contributed by atoms with van der Waals surface area (Å²) in [6.45, 7) is 0.0287. The molecule has 7 heteroatoms. The Labute approximate surface area is 130 Å². The van der Waals surface area contributed by atoms with Gasteiger partial charge in [0, 0.05) is 11.3 Å². The van der Waals surface area contributed by atoms with Crippen LogP contribution in [-0.4, -0.2) is 20.9 Å². The summed E-state index contributed by atoms with van der Waals surface area (Å²) in [5.41, 5.74) is 0.533. The van der Waals surface area contributed by atoms with Crippen molar-refractivity contribution in [3.8, 4) is 0 Å². The van der Waals surface area contributed by atoms with Crippen molar-refractivity contribution in [2.24, 2.45) is 0 Å². The average molecular weight is 324 g/mol. The minimum atomic E-state index is -4.49. The van der Waals surface area contributed by atoms with Gasteiger partial charge >= 0.3 is 12.1 Å². The predicted molar refractivity (Wildman–Crippen MR) is 76.4 cm³/mol. The van der Waals surface area contributed by atoms with Crippen LogP contribution < -0.4 is 0 Å². The molecule has 1 heterocycles. The highest BCUT2D eigenvalue weighted by Gasteiger charge is 2.39. The molecule has 0 atom stereocenters. The summed E-state index contributed by atoms with van der Waals surface area (Å²) in [5, 5.41) is 13.0. The van der Waals surface area contributed by atoms with E-state index in [-0.39, 0.29) is 17.7 Å². The number of benzene rings is 1. The van der Waals surface area contributed by atoms with Gasteiger partial charge in [-0.3, -0.25) is 4.68 Å². The summed E-state index contributed by atoms with van der Waals surface area (Å²) < 4.78 is 40.8. The monoisotopic (exact) mass is 324 g/mol. The summed E-state index contributed by atoms with van der Waals surface area (Å²) in [6.07, 6.45) is -2.05. The molecule has 4 nitrogen and oxygen atoms in total. The van der Waals surface area contributed by atoms with Crippen LogP contribution in [0.3, 0.4) is 0 Å². The zero-order valence-electron chi connectivity index (χ0n) is 12.2. The number of rotatable bonds is 3. The molecule has 1 aromatic heterocycles. The molecular weight excluding hydrogens is 309 g/mol. The number of alkyl halides is 3. The molecule has 0 unspecified atom stereocenters. The van der Waals surface area contributed by atoms with Crippen molar-refractivity contribution in [1.82, 2.24) is 9.78 Å². The van der Waals surface area contributed by atoms with E-state index in [0.717, 1.165) is 6.42 Å². The second-order valence-corrected chi connectivity index (χ2v) is 5.60. The highest BCUT2D eigenvalue weighted by molar-refractivity contribution is 5.89. The Morgan fingerprint density at radius 2 is 1.91 bits per heavy atom. The third kappa shape index (κ3) is 2.95. The number of hydrogen-bond donors (Lipinski definition) is 1. The lowest BCUT2D eigenvalue weighted by Crippen LogP contribution is -2.12. The Kier molecular flexibility index (Phi) is 3.87. The molecule has 0 saturated heterocycles. The number of hydrogen-bond acceptors (Lipinski definition) is 2. The largest absolute Gasteiger partial charge is 0.478 e. The van der Waals surface area contributed by atoms with Gasteiger partial charge in [0.15, 0.2) is 5.69 Å². The second-order valence-electron chi connectivity index (χ2n) is 5.60. The van der Waals surface area contributed by atoms with Gasteiger partial charge in [-0.15, -0.1) is 0 Å². The maximum atomic E-state index is 13.2. The molecule has 0 fully saturated rings. The maximum absolute atomic E-state index is 13.2. The number of nitrogens with zero attached hydrogens (tertiary/aromatic N) is 2. The van der Waals surface area contributed by atoms with Gasteiger partial charge in [-0.05, 0) is 37.3 Å². The van der Waals surface area contributed by atoms with E-state index in [1.54, 1.807) is 18.2 Å². The zero-order chi connectivity index (χ0) is 16.6. The topological polar surface area (TPSA) is 55.1 Å². The Bertz CT molecular complexity index is 750. The van der Waals surface area contributed by atoms with Crippen molar-refractivity contribution in [3.63, 3.8) is 0 Å². The lowest BCUT2D eigenvalue weighted by Gasteiger charge is -2.15. The Morgan fingerprint density at radius 3 is 2.61 bits per heavy atom. The van der Waals surface area contributed by atoms with Crippen molar-refractivity contribution < 1.29 is 23.1 Å². The van der Waals surface area contributed by atoms with E-state index in [1.807, 2.05) is 0 Å². The minimum Gasteiger partial charge on any atom is -0.478 e. The number of carboxylic acid groups (broad SMARTS) is 1. The first kappa shape index (κ1) is 15.6. The predicted octanol–water partition coefficient (Wildman–Crippen LogP) is 3.53. The lowest BCUT2D eigenvalue weighted by molar-refractivity contribution is -0.142. The first-order chi connectivity index (χ1) is 10.9. The van der Waals surface area contributed by atoms with Gasteiger partial charge in [0.05, 0.1) is 12.1 Å². The van der Waals surface area contributed by atoms with E-state index < -0.39 is 17.8 Å². The summed E-state index contributed by atoms with van der Waals surface area (Å²) in [5.74, 6) is -1.10. The van der Waals surface area contributed by atoms with E-state index in [9.17, 15) is 23.1 Å². The van der Waals surface area contributed by atoms with Crippen LogP contribution in [-0.2, 0) is 25.6 Å². The van der Waals surface area contributed by atoms with Gasteiger partial charge in [-0.2, -0.15) is 18.3 Å². The highest BCUT2D eigenvalue weighted by atomic mass is 19.4. The number of aromatic nitrogens is 2. The highest BCUT2D eigenvalue weighted by Crippen LogP contribution is 2.36. The summed E-state index contributed by atoms with van der Waals surface area (Å²) in [7, 11) is 0. The van der Waals surface area contributed by atoms with Crippen LogP contribution in [0.25, 0.3) is 0 Å². The molecule has 1 aliphatic rings. The fraction of sp³-hybridized carbons (Fsp3) is 0.375. The van der Waals surface area contributed by atoms with E-state index in [4.69, 9.17) is 0 Å². The average Bonchev–Trinajstić information content (AvgIpc) is 2.87. The van der Waals surface area contributed by atoms with Crippen LogP contribution in [0.5, 0.6) is 0 Å². The number of fused-ring (bicyclic) bond motifs is 1. The normalized spacial score (nSPS) is 14.6. The Morgan fingerprint density at radius 1 is 1.22 bits per heavy atom. The SMILES string of the molecule is O=C(O)c1ccccc1Cn1nc(C(F)(F)F)c2c1CCCC2. The standard InChI is InChI=1S/C16H15F3N2O2/c17-16(18,19)14-12-7-3-4-8-13(12)21(20-14)9-10-5-1-2-6-11(10)15(22)23/h1-2,5-6H,3-4,7-9H2,(H,22,23). The maximum Gasteiger partial charge on any atom is 0.435 e. The minimum absolute atomic E-state index is 0.0287. The third-order valence-electron chi connectivity index (χ3n) is 4.09. The van der Waals surface area contributed by atoms with Crippen LogP contribution in [0.2, 0.25) is 0 Å². The first-order valence-corrected chi connectivity index (χ1v) is 7.35. The molecular formula is C16H15F3N2O2. The number of aromatic carboxylic acids is 1. The molecule has 0 saturated carbocycles. The van der Waals surface area contributed by atoms with Crippen molar-refractivity contribution in [2.75, 3.05) is 0 Å². The van der Waals surface area contributed by atoms with Gasteiger partial charge in [0.1, 0.15) is 0 Å². The van der Waals surface area contributed by atoms with Gasteiger partial charge < -0.3 is 5.11 Å². The molecule has 3 rings (SSSR count). The van der Waals surface area contributed by atoms with Crippen LogP contribution in [0.15, 0.2) is 24.3 Å². The fourth-order valence-corrected chi connectivity index (χ4v) is 3.06. The molecule has 122 valence electrons. The fourth-order valence-electron chi connectivity index (χ4n) is 3.06. The summed E-state index contributed by atoms with van der Waals surface area (Å²) >= 11 is 0. The molecule has 0 amide bonds. The first-order valence-electron chi connectivity index (χ1n) is 7.35. The number of carboxylic acids is 1. The van der Waals surface area contributed by atoms with Crippen LogP contribution in [0.4, 0.5) is 13.2 Å². The van der Waals surface area contributed by atoms with E-state index in [1.165, 1.54) is 10.7 Å². The molecule has 0 aliphatic heterocycles. The number of carbonyl (C=O) groups is 1. The van der Waals surface area contributed by atoms with Crippen molar-refractivity contribution >= 4 is 5.97 Å². The molecule has 1 N–H and O–H groups in total. The quantitative estimate of drug-likeness (QED) is 0.940. The van der Waals surface area contributed by atoms with Crippen LogP contribution in [0.1, 0.15) is 45.7 Å². The van der Waals surface area contributed by atoms with Crippen LogP contribution >= 0.6 is 0 Å². The molecule has 0 spiro atoms. The Balaban J connectivity index is 2.05. The molecule has 1 aliphatic carbocycles. The van der Waals surface area contributed by atoms with Crippen molar-refractivity contribution in [2.45, 2.75) is 38.4 Å². The van der Waals surface area contributed by atoms with E-state index in [2.05, 4.69) is 5.10 Å². The number of halogens is 3. The van der Waals surface area contributed by atoms with Gasteiger partial charge in [-0.1, -0.05) is 18.2 Å². The third-order valence-corrected chi connectivity index (χ3v) is 4.09. The van der Waals surface area contributed by atoms with E-state index in [0.29, 0.717) is 30.5 Å². The van der Waals surface area contributed by atoms with Gasteiger partial charge in [0.2, 0.25) is 0 Å². The zero-order valence-corrected chi connectivity index (χ0v) is 12.2. The molecule has 0 bridgehead atoms. The Hall–Kier alpha value is -2.31. The second kappa shape index (κ2) is 5.72.